The number of amides is 1. The molecule has 0 heterocycles. The SMILES string of the molecule is CC(C)c1cccc(C=CC(=O)Nc2ccccc2C(=O)O)c1. The normalized spacial score (nSPS) is 10.9. The van der Waals surface area contributed by atoms with Gasteiger partial charge in [-0.15, -0.1) is 0 Å². The highest BCUT2D eigenvalue weighted by molar-refractivity contribution is 6.06. The maximum absolute atomic E-state index is 12.0. The lowest BCUT2D eigenvalue weighted by Crippen LogP contribution is -2.11. The van der Waals surface area contributed by atoms with Crippen molar-refractivity contribution in [3.05, 3.63) is 71.3 Å². The van der Waals surface area contributed by atoms with Crippen LogP contribution in [-0.2, 0) is 4.79 Å². The van der Waals surface area contributed by atoms with Gasteiger partial charge in [0.2, 0.25) is 5.91 Å². The van der Waals surface area contributed by atoms with Crippen LogP contribution in [-0.4, -0.2) is 17.0 Å². The Labute approximate surface area is 135 Å². The molecule has 23 heavy (non-hydrogen) atoms. The van der Waals surface area contributed by atoms with Gasteiger partial charge in [-0.25, -0.2) is 4.79 Å². The fourth-order valence-electron chi connectivity index (χ4n) is 2.15. The molecule has 0 atom stereocenters. The molecule has 2 rings (SSSR count). The Morgan fingerprint density at radius 2 is 1.83 bits per heavy atom. The maximum atomic E-state index is 12.0. The number of para-hydroxylation sites is 1. The maximum Gasteiger partial charge on any atom is 0.337 e. The number of nitrogens with one attached hydrogen (secondary N) is 1. The second kappa shape index (κ2) is 7.40. The van der Waals surface area contributed by atoms with Gasteiger partial charge in [-0.3, -0.25) is 4.79 Å². The standard InChI is InChI=1S/C19H19NO3/c1-13(2)15-7-5-6-14(12-15)10-11-18(21)20-17-9-4-3-8-16(17)19(22)23/h3-13H,1-2H3,(H,20,21)(H,22,23). The number of carboxylic acid groups (broad SMARTS) is 1. The first-order valence-electron chi connectivity index (χ1n) is 7.38. The molecule has 0 radical (unpaired) electrons. The van der Waals surface area contributed by atoms with Crippen LogP contribution in [0.1, 0.15) is 41.3 Å². The molecule has 4 nitrogen and oxygen atoms in total. The van der Waals surface area contributed by atoms with Gasteiger partial charge in [0, 0.05) is 6.08 Å². The van der Waals surface area contributed by atoms with Crippen molar-refractivity contribution >= 4 is 23.6 Å². The van der Waals surface area contributed by atoms with Crippen LogP contribution in [0, 0.1) is 0 Å². The average Bonchev–Trinajstić information content (AvgIpc) is 2.53. The van der Waals surface area contributed by atoms with Crippen LogP contribution < -0.4 is 5.32 Å². The average molecular weight is 309 g/mol. The summed E-state index contributed by atoms with van der Waals surface area (Å²) in [6.07, 6.45) is 3.11. The highest BCUT2D eigenvalue weighted by Gasteiger charge is 2.10. The van der Waals surface area contributed by atoms with E-state index in [1.165, 1.54) is 17.7 Å². The molecule has 0 bridgehead atoms. The topological polar surface area (TPSA) is 66.4 Å². The number of carbonyl (C=O) groups is 2. The fraction of sp³-hybridized carbons (Fsp3) is 0.158. The van der Waals surface area contributed by atoms with E-state index in [0.717, 1.165) is 5.56 Å². The number of benzene rings is 2. The Bertz CT molecular complexity index is 748. The van der Waals surface area contributed by atoms with Gasteiger partial charge in [0.25, 0.3) is 0 Å². The van der Waals surface area contributed by atoms with Crippen LogP contribution >= 0.6 is 0 Å². The van der Waals surface area contributed by atoms with E-state index in [0.29, 0.717) is 5.92 Å². The summed E-state index contributed by atoms with van der Waals surface area (Å²) in [5.41, 5.74) is 2.48. The van der Waals surface area contributed by atoms with Crippen LogP contribution in [0.15, 0.2) is 54.6 Å². The van der Waals surface area contributed by atoms with E-state index < -0.39 is 5.97 Å². The van der Waals surface area contributed by atoms with Crippen molar-refractivity contribution in [1.82, 2.24) is 0 Å². The molecule has 2 aromatic rings. The van der Waals surface area contributed by atoms with Crippen molar-refractivity contribution in [2.45, 2.75) is 19.8 Å². The molecule has 0 aromatic heterocycles. The van der Waals surface area contributed by atoms with Gasteiger partial charge in [0.1, 0.15) is 0 Å². The quantitative estimate of drug-likeness (QED) is 0.815. The van der Waals surface area contributed by atoms with Crippen LogP contribution in [0.25, 0.3) is 6.08 Å². The van der Waals surface area contributed by atoms with Crippen LogP contribution in [0.2, 0.25) is 0 Å². The minimum absolute atomic E-state index is 0.0658. The molecular formula is C19H19NO3. The Balaban J connectivity index is 2.11. The number of rotatable bonds is 5. The van der Waals surface area contributed by atoms with Gasteiger partial charge >= 0.3 is 5.97 Å². The summed E-state index contributed by atoms with van der Waals surface area (Å²) in [4.78, 5) is 23.1. The van der Waals surface area contributed by atoms with Gasteiger partial charge in [-0.05, 0) is 35.3 Å². The Hall–Kier alpha value is -2.88. The molecule has 0 aliphatic carbocycles. The molecule has 2 N–H and O–H groups in total. The van der Waals surface area contributed by atoms with Gasteiger partial charge in [0.05, 0.1) is 11.3 Å². The largest absolute Gasteiger partial charge is 0.478 e. The first kappa shape index (κ1) is 16.5. The molecule has 0 fully saturated rings. The van der Waals surface area contributed by atoms with E-state index in [2.05, 4.69) is 19.2 Å². The third kappa shape index (κ3) is 4.54. The summed E-state index contributed by atoms with van der Waals surface area (Å²) >= 11 is 0. The molecule has 4 heteroatoms. The molecule has 2 aromatic carbocycles. The molecule has 0 aliphatic rings. The summed E-state index contributed by atoms with van der Waals surface area (Å²) in [6.45, 7) is 4.22. The number of hydrogen-bond acceptors (Lipinski definition) is 2. The Morgan fingerprint density at radius 1 is 1.09 bits per heavy atom. The van der Waals surface area contributed by atoms with Crippen molar-refractivity contribution in [2.24, 2.45) is 0 Å². The lowest BCUT2D eigenvalue weighted by molar-refractivity contribution is -0.111. The van der Waals surface area contributed by atoms with Gasteiger partial charge in [-0.1, -0.05) is 50.2 Å². The molecule has 0 spiro atoms. The van der Waals surface area contributed by atoms with E-state index >= 15 is 0 Å². The molecule has 1 amide bonds. The molecule has 0 unspecified atom stereocenters. The molecular weight excluding hydrogens is 290 g/mol. The first-order chi connectivity index (χ1) is 11.0. The third-order valence-electron chi connectivity index (χ3n) is 3.42. The predicted octanol–water partition coefficient (Wildman–Crippen LogP) is 4.16. The Morgan fingerprint density at radius 3 is 2.52 bits per heavy atom. The lowest BCUT2D eigenvalue weighted by Gasteiger charge is -2.07. The summed E-state index contributed by atoms with van der Waals surface area (Å²) in [5, 5.41) is 11.7. The summed E-state index contributed by atoms with van der Waals surface area (Å²) < 4.78 is 0. The van der Waals surface area contributed by atoms with Gasteiger partial charge < -0.3 is 10.4 Å². The van der Waals surface area contributed by atoms with Crippen molar-refractivity contribution in [3.8, 4) is 0 Å². The van der Waals surface area contributed by atoms with E-state index in [1.807, 2.05) is 24.3 Å². The monoisotopic (exact) mass is 309 g/mol. The van der Waals surface area contributed by atoms with Gasteiger partial charge in [-0.2, -0.15) is 0 Å². The molecule has 118 valence electrons. The van der Waals surface area contributed by atoms with E-state index in [9.17, 15) is 9.59 Å². The van der Waals surface area contributed by atoms with Crippen molar-refractivity contribution in [1.29, 1.82) is 0 Å². The second-order valence-corrected chi connectivity index (χ2v) is 5.50. The van der Waals surface area contributed by atoms with Crippen LogP contribution in [0.5, 0.6) is 0 Å². The first-order valence-corrected chi connectivity index (χ1v) is 7.38. The fourth-order valence-corrected chi connectivity index (χ4v) is 2.15. The van der Waals surface area contributed by atoms with Crippen LogP contribution in [0.3, 0.4) is 0 Å². The number of carboxylic acids is 1. The number of hydrogen-bond donors (Lipinski definition) is 2. The number of anilines is 1. The number of carbonyl (C=O) groups excluding carboxylic acids is 1. The molecule has 0 saturated carbocycles. The van der Waals surface area contributed by atoms with E-state index in [1.54, 1.807) is 24.3 Å². The number of aromatic carboxylic acids is 1. The highest BCUT2D eigenvalue weighted by Crippen LogP contribution is 2.17. The van der Waals surface area contributed by atoms with E-state index in [4.69, 9.17) is 5.11 Å². The zero-order chi connectivity index (χ0) is 16.8. The second-order valence-electron chi connectivity index (χ2n) is 5.50. The van der Waals surface area contributed by atoms with E-state index in [-0.39, 0.29) is 17.2 Å². The third-order valence-corrected chi connectivity index (χ3v) is 3.42. The molecule has 0 aliphatic heterocycles. The van der Waals surface area contributed by atoms with Crippen molar-refractivity contribution in [2.75, 3.05) is 5.32 Å². The highest BCUT2D eigenvalue weighted by atomic mass is 16.4. The van der Waals surface area contributed by atoms with Crippen molar-refractivity contribution in [3.63, 3.8) is 0 Å². The van der Waals surface area contributed by atoms with Gasteiger partial charge in [0.15, 0.2) is 0 Å². The van der Waals surface area contributed by atoms with Crippen LogP contribution in [0.4, 0.5) is 5.69 Å². The minimum Gasteiger partial charge on any atom is -0.478 e. The lowest BCUT2D eigenvalue weighted by atomic mass is 10.0. The summed E-state index contributed by atoms with van der Waals surface area (Å²) in [5.74, 6) is -1.03. The Kier molecular flexibility index (Phi) is 5.31. The minimum atomic E-state index is -1.07. The summed E-state index contributed by atoms with van der Waals surface area (Å²) in [6, 6.07) is 14.3. The zero-order valence-electron chi connectivity index (χ0n) is 13.1. The predicted molar refractivity (Wildman–Crippen MR) is 91.6 cm³/mol. The smallest absolute Gasteiger partial charge is 0.337 e. The summed E-state index contributed by atoms with van der Waals surface area (Å²) in [7, 11) is 0. The van der Waals surface area contributed by atoms with Crippen molar-refractivity contribution < 1.29 is 14.7 Å². The zero-order valence-corrected chi connectivity index (χ0v) is 13.1. The molecule has 0 saturated heterocycles.